The standard InChI is InChI=1S/C7H14O2S/c1-4-5(2)9-7(8)6(3)10/h5-6,10H,4H2,1-3H3. The summed E-state index contributed by atoms with van der Waals surface area (Å²) in [7, 11) is 0. The Bertz CT molecular complexity index is 112. The Morgan fingerprint density at radius 3 is 2.40 bits per heavy atom. The molecule has 0 aromatic heterocycles. The summed E-state index contributed by atoms with van der Waals surface area (Å²) in [6.45, 7) is 5.54. The first-order valence-corrected chi connectivity index (χ1v) is 3.98. The van der Waals surface area contributed by atoms with E-state index < -0.39 is 0 Å². The van der Waals surface area contributed by atoms with Crippen molar-refractivity contribution in [2.24, 2.45) is 0 Å². The molecule has 0 rings (SSSR count). The Labute approximate surface area is 67.4 Å². The summed E-state index contributed by atoms with van der Waals surface area (Å²) in [5.41, 5.74) is 0. The summed E-state index contributed by atoms with van der Waals surface area (Å²) in [6.07, 6.45) is 0.869. The number of carbonyl (C=O) groups is 1. The van der Waals surface area contributed by atoms with Gasteiger partial charge in [-0.1, -0.05) is 6.92 Å². The third kappa shape index (κ3) is 3.77. The molecular weight excluding hydrogens is 148 g/mol. The third-order valence-electron chi connectivity index (χ3n) is 1.23. The monoisotopic (exact) mass is 162 g/mol. The van der Waals surface area contributed by atoms with E-state index in [0.29, 0.717) is 0 Å². The molecule has 0 radical (unpaired) electrons. The molecule has 0 aliphatic rings. The fourth-order valence-corrected chi connectivity index (χ4v) is 0.441. The van der Waals surface area contributed by atoms with Crippen LogP contribution in [0.4, 0.5) is 0 Å². The highest BCUT2D eigenvalue weighted by molar-refractivity contribution is 7.81. The quantitative estimate of drug-likeness (QED) is 0.504. The molecule has 0 fully saturated rings. The van der Waals surface area contributed by atoms with Crippen LogP contribution in [0, 0.1) is 0 Å². The van der Waals surface area contributed by atoms with Gasteiger partial charge in [-0.25, -0.2) is 0 Å². The lowest BCUT2D eigenvalue weighted by atomic mass is 10.3. The van der Waals surface area contributed by atoms with Gasteiger partial charge in [0.25, 0.3) is 0 Å². The van der Waals surface area contributed by atoms with Gasteiger partial charge in [0.05, 0.1) is 11.4 Å². The average Bonchev–Trinajstić information content (AvgIpc) is 1.87. The zero-order valence-electron chi connectivity index (χ0n) is 6.63. The van der Waals surface area contributed by atoms with E-state index in [4.69, 9.17) is 4.74 Å². The van der Waals surface area contributed by atoms with E-state index in [1.54, 1.807) is 6.92 Å². The number of rotatable bonds is 3. The normalized spacial score (nSPS) is 16.0. The lowest BCUT2D eigenvalue weighted by Crippen LogP contribution is -2.20. The van der Waals surface area contributed by atoms with Crippen LogP contribution in [0.1, 0.15) is 27.2 Å². The molecule has 0 bridgehead atoms. The van der Waals surface area contributed by atoms with Crippen LogP contribution in [-0.2, 0) is 9.53 Å². The Balaban J connectivity index is 3.57. The van der Waals surface area contributed by atoms with E-state index in [1.165, 1.54) is 0 Å². The van der Waals surface area contributed by atoms with Crippen LogP contribution >= 0.6 is 12.6 Å². The first-order chi connectivity index (χ1) is 4.57. The molecule has 0 N–H and O–H groups in total. The summed E-state index contributed by atoms with van der Waals surface area (Å²) < 4.78 is 4.95. The van der Waals surface area contributed by atoms with Gasteiger partial charge in [-0.05, 0) is 20.3 Å². The van der Waals surface area contributed by atoms with Crippen molar-refractivity contribution in [3.05, 3.63) is 0 Å². The second-order valence-electron chi connectivity index (χ2n) is 2.33. The highest BCUT2D eigenvalue weighted by Crippen LogP contribution is 2.02. The Morgan fingerprint density at radius 1 is 1.60 bits per heavy atom. The van der Waals surface area contributed by atoms with Crippen LogP contribution in [0.15, 0.2) is 0 Å². The second-order valence-corrected chi connectivity index (χ2v) is 3.11. The van der Waals surface area contributed by atoms with Crippen LogP contribution in [0.3, 0.4) is 0 Å². The van der Waals surface area contributed by atoms with Crippen molar-refractivity contribution in [3.8, 4) is 0 Å². The van der Waals surface area contributed by atoms with Crippen LogP contribution in [-0.4, -0.2) is 17.3 Å². The van der Waals surface area contributed by atoms with Gasteiger partial charge in [0, 0.05) is 0 Å². The SMILES string of the molecule is CCC(C)OC(=O)C(C)S. The van der Waals surface area contributed by atoms with Crippen molar-refractivity contribution in [2.75, 3.05) is 0 Å². The molecule has 0 amide bonds. The molecule has 0 aliphatic heterocycles. The minimum Gasteiger partial charge on any atom is -0.462 e. The predicted octanol–water partition coefficient (Wildman–Crippen LogP) is 1.65. The fraction of sp³-hybridized carbons (Fsp3) is 0.857. The van der Waals surface area contributed by atoms with Gasteiger partial charge < -0.3 is 4.74 Å². The first-order valence-electron chi connectivity index (χ1n) is 3.46. The smallest absolute Gasteiger partial charge is 0.318 e. The number of ether oxygens (including phenoxy) is 1. The minimum absolute atomic E-state index is 0.0158. The van der Waals surface area contributed by atoms with Gasteiger partial charge in [0.15, 0.2) is 0 Å². The Hall–Kier alpha value is -0.180. The van der Waals surface area contributed by atoms with Gasteiger partial charge in [0.1, 0.15) is 0 Å². The van der Waals surface area contributed by atoms with Crippen molar-refractivity contribution in [1.82, 2.24) is 0 Å². The second kappa shape index (κ2) is 4.61. The summed E-state index contributed by atoms with van der Waals surface area (Å²) in [4.78, 5) is 10.8. The van der Waals surface area contributed by atoms with Crippen LogP contribution in [0.25, 0.3) is 0 Å². The molecular formula is C7H14O2S. The van der Waals surface area contributed by atoms with Crippen LogP contribution in [0.5, 0.6) is 0 Å². The molecule has 0 aromatic carbocycles. The summed E-state index contributed by atoms with van der Waals surface area (Å²) >= 11 is 3.93. The lowest BCUT2D eigenvalue weighted by molar-refractivity contribution is -0.147. The number of thiol groups is 1. The van der Waals surface area contributed by atoms with Crippen molar-refractivity contribution in [3.63, 3.8) is 0 Å². The largest absolute Gasteiger partial charge is 0.462 e. The predicted molar refractivity (Wildman–Crippen MR) is 44.3 cm³/mol. The van der Waals surface area contributed by atoms with E-state index in [-0.39, 0.29) is 17.3 Å². The van der Waals surface area contributed by atoms with Crippen LogP contribution in [0.2, 0.25) is 0 Å². The first kappa shape index (κ1) is 9.82. The molecule has 0 saturated heterocycles. The van der Waals surface area contributed by atoms with Crippen molar-refractivity contribution < 1.29 is 9.53 Å². The van der Waals surface area contributed by atoms with Gasteiger partial charge in [-0.15, -0.1) is 0 Å². The van der Waals surface area contributed by atoms with E-state index in [9.17, 15) is 4.79 Å². The summed E-state index contributed by atoms with van der Waals surface area (Å²) in [6, 6.07) is 0. The average molecular weight is 162 g/mol. The van der Waals surface area contributed by atoms with E-state index in [2.05, 4.69) is 12.6 Å². The molecule has 0 aliphatic carbocycles. The Morgan fingerprint density at radius 2 is 2.10 bits per heavy atom. The fourth-order valence-electron chi connectivity index (χ4n) is 0.380. The molecule has 2 atom stereocenters. The molecule has 10 heavy (non-hydrogen) atoms. The maximum atomic E-state index is 10.8. The molecule has 3 heteroatoms. The number of hydrogen-bond donors (Lipinski definition) is 1. The van der Waals surface area contributed by atoms with Gasteiger partial charge in [-0.2, -0.15) is 12.6 Å². The van der Waals surface area contributed by atoms with Gasteiger partial charge in [-0.3, -0.25) is 4.79 Å². The maximum Gasteiger partial charge on any atom is 0.318 e. The van der Waals surface area contributed by atoms with Crippen molar-refractivity contribution >= 4 is 18.6 Å². The van der Waals surface area contributed by atoms with E-state index in [1.807, 2.05) is 13.8 Å². The molecule has 2 unspecified atom stereocenters. The molecule has 0 heterocycles. The number of carbonyl (C=O) groups excluding carboxylic acids is 1. The molecule has 0 saturated carbocycles. The molecule has 60 valence electrons. The van der Waals surface area contributed by atoms with Gasteiger partial charge >= 0.3 is 5.97 Å². The highest BCUT2D eigenvalue weighted by atomic mass is 32.1. The molecule has 0 aromatic rings. The molecule has 0 spiro atoms. The minimum atomic E-state index is -0.311. The summed E-state index contributed by atoms with van der Waals surface area (Å²) in [5.74, 6) is -0.238. The topological polar surface area (TPSA) is 26.3 Å². The van der Waals surface area contributed by atoms with Crippen molar-refractivity contribution in [2.45, 2.75) is 38.5 Å². The number of hydrogen-bond acceptors (Lipinski definition) is 3. The molecule has 2 nitrogen and oxygen atoms in total. The van der Waals surface area contributed by atoms with Crippen molar-refractivity contribution in [1.29, 1.82) is 0 Å². The van der Waals surface area contributed by atoms with Gasteiger partial charge in [0.2, 0.25) is 0 Å². The van der Waals surface area contributed by atoms with E-state index in [0.717, 1.165) is 6.42 Å². The lowest BCUT2D eigenvalue weighted by Gasteiger charge is -2.11. The maximum absolute atomic E-state index is 10.8. The Kier molecular flexibility index (Phi) is 4.52. The van der Waals surface area contributed by atoms with E-state index >= 15 is 0 Å². The third-order valence-corrected chi connectivity index (χ3v) is 1.44. The zero-order valence-corrected chi connectivity index (χ0v) is 7.52. The zero-order chi connectivity index (χ0) is 8.15. The summed E-state index contributed by atoms with van der Waals surface area (Å²) in [5, 5.41) is -0.311. The number of esters is 1. The van der Waals surface area contributed by atoms with Crippen LogP contribution < -0.4 is 0 Å². The highest BCUT2D eigenvalue weighted by Gasteiger charge is 2.11.